The maximum Gasteiger partial charge on any atom is 0.340 e. The first-order chi connectivity index (χ1) is 10.2. The van der Waals surface area contributed by atoms with Crippen LogP contribution in [0.5, 0.6) is 0 Å². The molecule has 3 aromatic rings. The van der Waals surface area contributed by atoms with Gasteiger partial charge in [0.25, 0.3) is 0 Å². The van der Waals surface area contributed by atoms with Crippen molar-refractivity contribution in [3.8, 4) is 0 Å². The molecule has 1 aromatic carbocycles. The van der Waals surface area contributed by atoms with Crippen LogP contribution < -0.4 is 5.73 Å². The zero-order chi connectivity index (χ0) is 14.8. The minimum Gasteiger partial charge on any atom is -0.350 e. The Morgan fingerprint density at radius 2 is 2.24 bits per heavy atom. The average molecular weight is 281 g/mol. The highest BCUT2D eigenvalue weighted by Gasteiger charge is 2.15. The summed E-state index contributed by atoms with van der Waals surface area (Å²) >= 11 is 0. The van der Waals surface area contributed by atoms with Gasteiger partial charge in [0.1, 0.15) is 11.3 Å². The third-order valence-corrected chi connectivity index (χ3v) is 2.94. The van der Waals surface area contributed by atoms with Crippen LogP contribution in [0.15, 0.2) is 36.7 Å². The van der Waals surface area contributed by atoms with E-state index in [-0.39, 0.29) is 5.52 Å². The van der Waals surface area contributed by atoms with E-state index >= 15 is 0 Å². The van der Waals surface area contributed by atoms with E-state index in [1.54, 1.807) is 36.7 Å². The average Bonchev–Trinajstić information content (AvgIpc) is 2.87. The molecule has 0 saturated heterocycles. The zero-order valence-corrected chi connectivity index (χ0v) is 10.8. The Morgan fingerprint density at radius 3 is 2.95 bits per heavy atom. The molecule has 0 aliphatic rings. The van der Waals surface area contributed by atoms with Crippen LogP contribution in [0.25, 0.3) is 23.1 Å². The monoisotopic (exact) mass is 281 g/mol. The van der Waals surface area contributed by atoms with Gasteiger partial charge in [0.2, 0.25) is 0 Å². The van der Waals surface area contributed by atoms with Gasteiger partial charge in [0.05, 0.1) is 5.69 Å². The van der Waals surface area contributed by atoms with E-state index in [1.807, 2.05) is 6.07 Å². The summed E-state index contributed by atoms with van der Waals surface area (Å²) in [4.78, 5) is 15.4. The molecule has 103 valence electrons. The highest BCUT2D eigenvalue weighted by atomic mass is 19.1. The number of rotatable bonds is 2. The second kappa shape index (κ2) is 5.16. The summed E-state index contributed by atoms with van der Waals surface area (Å²) in [6.07, 6.45) is 6.78. The van der Waals surface area contributed by atoms with Gasteiger partial charge in [-0.2, -0.15) is 9.78 Å². The second-order valence-electron chi connectivity index (χ2n) is 4.32. The Kier molecular flexibility index (Phi) is 3.19. The summed E-state index contributed by atoms with van der Waals surface area (Å²) in [5.74, 6) is -0.597. The fraction of sp³-hybridized carbons (Fsp3) is 0. The van der Waals surface area contributed by atoms with Crippen LogP contribution in [0, 0.1) is 11.9 Å². The number of nitrogens with zero attached hydrogens (tertiary/aromatic N) is 3. The molecule has 1 amide bonds. The van der Waals surface area contributed by atoms with Crippen molar-refractivity contribution in [3.05, 3.63) is 59.8 Å². The van der Waals surface area contributed by atoms with Gasteiger partial charge in [-0.25, -0.2) is 9.18 Å². The molecule has 0 fully saturated rings. The molecule has 6 heteroatoms. The van der Waals surface area contributed by atoms with Crippen molar-refractivity contribution < 1.29 is 9.18 Å². The molecule has 0 bridgehead atoms. The molecular weight excluding hydrogens is 271 g/mol. The van der Waals surface area contributed by atoms with Gasteiger partial charge in [-0.3, -0.25) is 4.98 Å². The van der Waals surface area contributed by atoms with Crippen LogP contribution in [0.2, 0.25) is 0 Å². The summed E-state index contributed by atoms with van der Waals surface area (Å²) in [5.41, 5.74) is 6.56. The van der Waals surface area contributed by atoms with Crippen LogP contribution in [0.1, 0.15) is 11.3 Å². The van der Waals surface area contributed by atoms with Crippen molar-refractivity contribution in [1.82, 2.24) is 14.8 Å². The number of fused-ring (bicyclic) bond motifs is 1. The van der Waals surface area contributed by atoms with Crippen LogP contribution in [-0.4, -0.2) is 20.8 Å². The number of halogens is 1. The molecule has 1 radical (unpaired) electrons. The molecule has 0 aliphatic carbocycles. The molecule has 3 rings (SSSR count). The molecule has 2 heterocycles. The molecule has 0 unspecified atom stereocenters. The Hall–Kier alpha value is -3.02. The summed E-state index contributed by atoms with van der Waals surface area (Å²) in [7, 11) is 0. The normalized spacial score (nSPS) is 11.3. The van der Waals surface area contributed by atoms with Crippen LogP contribution in [0.4, 0.5) is 9.18 Å². The first-order valence-electron chi connectivity index (χ1n) is 6.13. The predicted molar refractivity (Wildman–Crippen MR) is 76.7 cm³/mol. The second-order valence-corrected chi connectivity index (χ2v) is 4.32. The van der Waals surface area contributed by atoms with Crippen LogP contribution in [0.3, 0.4) is 0 Å². The molecular formula is C15H10FN4O. The number of primary amides is 1. The molecule has 5 nitrogen and oxygen atoms in total. The van der Waals surface area contributed by atoms with Crippen molar-refractivity contribution in [1.29, 1.82) is 0 Å². The Balaban J connectivity index is 2.13. The lowest BCUT2D eigenvalue weighted by atomic mass is 10.1. The number of benzene rings is 1. The lowest BCUT2D eigenvalue weighted by Crippen LogP contribution is -2.21. The quantitative estimate of drug-likeness (QED) is 0.784. The predicted octanol–water partition coefficient (Wildman–Crippen LogP) is 2.47. The van der Waals surface area contributed by atoms with Gasteiger partial charge < -0.3 is 5.73 Å². The van der Waals surface area contributed by atoms with Crippen molar-refractivity contribution in [3.63, 3.8) is 0 Å². The Bertz CT molecular complexity index is 840. The molecule has 2 aromatic heterocycles. The minimum absolute atomic E-state index is 0.0482. The number of nitrogens with two attached hydrogens (primary N) is 1. The maximum atomic E-state index is 13.8. The summed E-state index contributed by atoms with van der Waals surface area (Å²) in [5, 5.41) is 4.51. The van der Waals surface area contributed by atoms with Gasteiger partial charge in [0.15, 0.2) is 0 Å². The fourth-order valence-electron chi connectivity index (χ4n) is 2.02. The largest absolute Gasteiger partial charge is 0.350 e. The number of pyridine rings is 1. The van der Waals surface area contributed by atoms with Gasteiger partial charge in [-0.1, -0.05) is 12.1 Å². The van der Waals surface area contributed by atoms with Gasteiger partial charge >= 0.3 is 6.03 Å². The first-order valence-corrected chi connectivity index (χ1v) is 6.13. The Morgan fingerprint density at radius 1 is 1.38 bits per heavy atom. The molecule has 2 N–H and O–H groups in total. The van der Waals surface area contributed by atoms with E-state index in [4.69, 9.17) is 5.73 Å². The fourth-order valence-corrected chi connectivity index (χ4v) is 2.02. The van der Waals surface area contributed by atoms with E-state index in [2.05, 4.69) is 16.1 Å². The van der Waals surface area contributed by atoms with E-state index in [0.717, 1.165) is 16.3 Å². The number of amides is 1. The maximum absolute atomic E-state index is 13.8. The SMILES string of the molecule is NC(=O)n1nc(/C=C/c2cccnc2)c2c[c]cc(F)c21. The molecule has 0 aliphatic heterocycles. The smallest absolute Gasteiger partial charge is 0.340 e. The summed E-state index contributed by atoms with van der Waals surface area (Å²) < 4.78 is 14.7. The topological polar surface area (TPSA) is 73.8 Å². The zero-order valence-electron chi connectivity index (χ0n) is 10.8. The Labute approximate surface area is 119 Å². The summed E-state index contributed by atoms with van der Waals surface area (Å²) in [6.45, 7) is 0. The van der Waals surface area contributed by atoms with E-state index in [0.29, 0.717) is 11.1 Å². The molecule has 21 heavy (non-hydrogen) atoms. The third-order valence-electron chi connectivity index (χ3n) is 2.94. The van der Waals surface area contributed by atoms with Crippen molar-refractivity contribution in [2.75, 3.05) is 0 Å². The molecule has 0 saturated carbocycles. The van der Waals surface area contributed by atoms with Crippen LogP contribution in [-0.2, 0) is 0 Å². The third kappa shape index (κ3) is 2.38. The highest BCUT2D eigenvalue weighted by Crippen LogP contribution is 2.22. The standard InChI is InChI=1S/C15H10FN4O/c16-12-5-1-4-11-13(19-20(14(11)12)15(17)21)7-6-10-3-2-8-18-9-10/h2-9H,(H2,17,21)/b7-6+. The lowest BCUT2D eigenvalue weighted by molar-refractivity contribution is 0.248. The van der Waals surface area contributed by atoms with E-state index in [9.17, 15) is 9.18 Å². The van der Waals surface area contributed by atoms with Crippen LogP contribution >= 0.6 is 0 Å². The van der Waals surface area contributed by atoms with Gasteiger partial charge in [-0.15, -0.1) is 0 Å². The van der Waals surface area contributed by atoms with Crippen molar-refractivity contribution >= 4 is 29.1 Å². The summed E-state index contributed by atoms with van der Waals surface area (Å²) in [6, 6.07) is 8.19. The number of hydrogen-bond acceptors (Lipinski definition) is 3. The van der Waals surface area contributed by atoms with E-state index < -0.39 is 11.8 Å². The number of aromatic nitrogens is 3. The minimum atomic E-state index is -0.842. The number of hydrogen-bond donors (Lipinski definition) is 1. The van der Waals surface area contributed by atoms with Crippen molar-refractivity contribution in [2.45, 2.75) is 0 Å². The van der Waals surface area contributed by atoms with Gasteiger partial charge in [-0.05, 0) is 35.9 Å². The van der Waals surface area contributed by atoms with E-state index in [1.165, 1.54) is 0 Å². The number of carbonyl (C=O) groups excluding carboxylic acids is 1. The molecule has 0 atom stereocenters. The van der Waals surface area contributed by atoms with Gasteiger partial charge in [0, 0.05) is 17.8 Å². The van der Waals surface area contributed by atoms with Crippen molar-refractivity contribution in [2.24, 2.45) is 5.73 Å². The lowest BCUT2D eigenvalue weighted by Gasteiger charge is -1.96. The number of carbonyl (C=O) groups is 1. The first kappa shape index (κ1) is 13.0. The highest BCUT2D eigenvalue weighted by molar-refractivity contribution is 5.95. The molecule has 0 spiro atoms.